The first kappa shape index (κ1) is 9.89. The highest BCUT2D eigenvalue weighted by molar-refractivity contribution is 7.10. The van der Waals surface area contributed by atoms with Crippen molar-refractivity contribution in [1.29, 1.82) is 0 Å². The molecule has 0 radical (unpaired) electrons. The van der Waals surface area contributed by atoms with Crippen LogP contribution in [0.4, 0.5) is 8.78 Å². The Morgan fingerprint density at radius 3 is 2.67 bits per heavy atom. The first-order chi connectivity index (χ1) is 5.53. The molecule has 0 atom stereocenters. The fourth-order valence-corrected chi connectivity index (χ4v) is 1.93. The molecule has 5 heteroatoms. The van der Waals surface area contributed by atoms with Crippen molar-refractivity contribution in [1.82, 2.24) is 0 Å². The van der Waals surface area contributed by atoms with Gasteiger partial charge in [0.1, 0.15) is 0 Å². The van der Waals surface area contributed by atoms with Gasteiger partial charge in [-0.25, -0.2) is 8.78 Å². The minimum absolute atomic E-state index is 0.319. The Bertz CT molecular complexity index is 262. The highest BCUT2D eigenvalue weighted by Crippen LogP contribution is 2.25. The van der Waals surface area contributed by atoms with E-state index < -0.39 is 12.5 Å². The lowest BCUT2D eigenvalue weighted by molar-refractivity contribution is 0.0123. The van der Waals surface area contributed by atoms with Crippen LogP contribution in [-0.2, 0) is 6.42 Å². The molecule has 1 aromatic rings. The molecule has 1 heterocycles. The summed E-state index contributed by atoms with van der Waals surface area (Å²) in [5.74, 6) is -2.81. The van der Waals surface area contributed by atoms with E-state index in [2.05, 4.69) is 0 Å². The number of hydrogen-bond donors (Lipinski definition) is 1. The average molecular weight is 212 g/mol. The van der Waals surface area contributed by atoms with Crippen LogP contribution in [0.5, 0.6) is 0 Å². The van der Waals surface area contributed by atoms with Crippen LogP contribution in [0.1, 0.15) is 4.88 Å². The SMILES string of the molecule is NCC(F)(F)Cc1cc(Cl)cs1. The summed E-state index contributed by atoms with van der Waals surface area (Å²) in [6, 6.07) is 1.54. The molecule has 0 spiro atoms. The van der Waals surface area contributed by atoms with Crippen molar-refractivity contribution in [3.63, 3.8) is 0 Å². The number of rotatable bonds is 3. The lowest BCUT2D eigenvalue weighted by Crippen LogP contribution is -2.29. The van der Waals surface area contributed by atoms with Crippen molar-refractivity contribution in [3.8, 4) is 0 Å². The maximum absolute atomic E-state index is 12.7. The fourth-order valence-electron chi connectivity index (χ4n) is 0.774. The molecule has 1 nitrogen and oxygen atoms in total. The second-order valence-electron chi connectivity index (χ2n) is 2.47. The summed E-state index contributed by atoms with van der Waals surface area (Å²) in [5.41, 5.74) is 4.88. The number of halogens is 3. The molecule has 0 saturated heterocycles. The second kappa shape index (κ2) is 3.68. The second-order valence-corrected chi connectivity index (χ2v) is 3.90. The largest absolute Gasteiger partial charge is 0.325 e. The van der Waals surface area contributed by atoms with E-state index in [0.717, 1.165) is 0 Å². The van der Waals surface area contributed by atoms with Crippen molar-refractivity contribution in [2.24, 2.45) is 5.73 Å². The molecule has 12 heavy (non-hydrogen) atoms. The van der Waals surface area contributed by atoms with E-state index in [1.54, 1.807) is 5.38 Å². The number of hydrogen-bond acceptors (Lipinski definition) is 2. The minimum Gasteiger partial charge on any atom is -0.325 e. The Balaban J connectivity index is 2.63. The lowest BCUT2D eigenvalue weighted by Gasteiger charge is -2.11. The minimum atomic E-state index is -2.81. The molecule has 1 rings (SSSR count). The number of alkyl halides is 2. The molecule has 0 bridgehead atoms. The molecule has 0 aliphatic rings. The first-order valence-corrected chi connectivity index (χ1v) is 4.60. The molecular weight excluding hydrogens is 204 g/mol. The summed E-state index contributed by atoms with van der Waals surface area (Å²) in [6.07, 6.45) is -0.319. The first-order valence-electron chi connectivity index (χ1n) is 3.34. The summed E-state index contributed by atoms with van der Waals surface area (Å²) in [6.45, 7) is -0.623. The van der Waals surface area contributed by atoms with Crippen molar-refractivity contribution < 1.29 is 8.78 Å². The van der Waals surface area contributed by atoms with Gasteiger partial charge in [0.25, 0.3) is 5.92 Å². The van der Waals surface area contributed by atoms with Gasteiger partial charge in [-0.2, -0.15) is 0 Å². The molecule has 0 aliphatic carbocycles. The molecule has 0 aromatic carbocycles. The number of thiophene rings is 1. The average Bonchev–Trinajstić information content (AvgIpc) is 2.35. The van der Waals surface area contributed by atoms with Gasteiger partial charge >= 0.3 is 0 Å². The number of nitrogens with two attached hydrogens (primary N) is 1. The third-order valence-electron chi connectivity index (χ3n) is 1.35. The van der Waals surface area contributed by atoms with Gasteiger partial charge in [-0.1, -0.05) is 11.6 Å². The van der Waals surface area contributed by atoms with Crippen LogP contribution in [-0.4, -0.2) is 12.5 Å². The molecule has 0 fully saturated rings. The Hall–Kier alpha value is -0.190. The fraction of sp³-hybridized carbons (Fsp3) is 0.429. The summed E-state index contributed by atoms with van der Waals surface area (Å²) in [4.78, 5) is 0.565. The lowest BCUT2D eigenvalue weighted by atomic mass is 10.2. The van der Waals surface area contributed by atoms with Gasteiger partial charge < -0.3 is 5.73 Å². The quantitative estimate of drug-likeness (QED) is 0.817. The van der Waals surface area contributed by atoms with Crippen LogP contribution in [0, 0.1) is 0 Å². The van der Waals surface area contributed by atoms with Crippen LogP contribution < -0.4 is 5.73 Å². The van der Waals surface area contributed by atoms with Gasteiger partial charge in [0, 0.05) is 16.7 Å². The Morgan fingerprint density at radius 1 is 1.58 bits per heavy atom. The van der Waals surface area contributed by atoms with E-state index in [4.69, 9.17) is 17.3 Å². The molecule has 0 saturated carbocycles. The van der Waals surface area contributed by atoms with Crippen LogP contribution in [0.15, 0.2) is 11.4 Å². The van der Waals surface area contributed by atoms with Gasteiger partial charge in [0.15, 0.2) is 0 Å². The van der Waals surface area contributed by atoms with Crippen LogP contribution in [0.2, 0.25) is 5.02 Å². The van der Waals surface area contributed by atoms with E-state index in [1.807, 2.05) is 0 Å². The van der Waals surface area contributed by atoms with Gasteiger partial charge in [0.05, 0.1) is 11.6 Å². The molecular formula is C7H8ClF2NS. The molecule has 2 N–H and O–H groups in total. The van der Waals surface area contributed by atoms with E-state index in [0.29, 0.717) is 9.90 Å². The van der Waals surface area contributed by atoms with E-state index >= 15 is 0 Å². The zero-order valence-electron chi connectivity index (χ0n) is 6.19. The summed E-state index contributed by atoms with van der Waals surface area (Å²) in [7, 11) is 0. The zero-order chi connectivity index (χ0) is 9.19. The third-order valence-corrected chi connectivity index (χ3v) is 2.64. The van der Waals surface area contributed by atoms with Crippen molar-refractivity contribution in [2.75, 3.05) is 6.54 Å². The van der Waals surface area contributed by atoms with E-state index in [9.17, 15) is 8.78 Å². The van der Waals surface area contributed by atoms with E-state index in [-0.39, 0.29) is 6.42 Å². The van der Waals surface area contributed by atoms with Crippen LogP contribution in [0.3, 0.4) is 0 Å². The normalized spacial score (nSPS) is 12.0. The maximum Gasteiger partial charge on any atom is 0.264 e. The van der Waals surface area contributed by atoms with Crippen LogP contribution in [0.25, 0.3) is 0 Å². The van der Waals surface area contributed by atoms with Gasteiger partial charge in [-0.15, -0.1) is 11.3 Å². The highest BCUT2D eigenvalue weighted by Gasteiger charge is 2.27. The standard InChI is InChI=1S/C7H8ClF2NS/c8-5-1-6(12-3-5)2-7(9,10)4-11/h1,3H,2,4,11H2. The Kier molecular flexibility index (Phi) is 3.04. The predicted molar refractivity (Wildman–Crippen MR) is 47.0 cm³/mol. The van der Waals surface area contributed by atoms with Crippen molar-refractivity contribution in [3.05, 3.63) is 21.3 Å². The summed E-state index contributed by atoms with van der Waals surface area (Å²) >= 11 is 6.79. The van der Waals surface area contributed by atoms with E-state index in [1.165, 1.54) is 17.4 Å². The summed E-state index contributed by atoms with van der Waals surface area (Å²) < 4.78 is 25.4. The molecule has 68 valence electrons. The van der Waals surface area contributed by atoms with Gasteiger partial charge in [0.2, 0.25) is 0 Å². The molecule has 1 aromatic heterocycles. The predicted octanol–water partition coefficient (Wildman–Crippen LogP) is 2.54. The van der Waals surface area contributed by atoms with Gasteiger partial charge in [-0.05, 0) is 6.07 Å². The highest BCUT2D eigenvalue weighted by atomic mass is 35.5. The Morgan fingerprint density at radius 2 is 2.25 bits per heavy atom. The zero-order valence-corrected chi connectivity index (χ0v) is 7.76. The molecule has 0 unspecified atom stereocenters. The summed E-state index contributed by atoms with van der Waals surface area (Å²) in [5, 5.41) is 2.13. The van der Waals surface area contributed by atoms with Crippen molar-refractivity contribution >= 4 is 22.9 Å². The molecule has 0 amide bonds. The topological polar surface area (TPSA) is 26.0 Å². The van der Waals surface area contributed by atoms with Crippen molar-refractivity contribution in [2.45, 2.75) is 12.3 Å². The Labute approximate surface area is 78.1 Å². The van der Waals surface area contributed by atoms with Gasteiger partial charge in [-0.3, -0.25) is 0 Å². The molecule has 0 aliphatic heterocycles. The smallest absolute Gasteiger partial charge is 0.264 e. The van der Waals surface area contributed by atoms with Crippen LogP contribution >= 0.6 is 22.9 Å². The monoisotopic (exact) mass is 211 g/mol. The third kappa shape index (κ3) is 2.69. The maximum atomic E-state index is 12.7.